The molecule has 0 saturated carbocycles. The fourth-order valence-corrected chi connectivity index (χ4v) is 3.14. The average molecular weight is 309 g/mol. The van der Waals surface area contributed by atoms with Gasteiger partial charge in [-0.2, -0.15) is 0 Å². The van der Waals surface area contributed by atoms with E-state index in [1.54, 1.807) is 17.0 Å². The van der Waals surface area contributed by atoms with Gasteiger partial charge >= 0.3 is 0 Å². The molecule has 6 heteroatoms. The van der Waals surface area contributed by atoms with E-state index in [2.05, 4.69) is 0 Å². The third-order valence-corrected chi connectivity index (χ3v) is 4.33. The highest BCUT2D eigenvalue weighted by Gasteiger charge is 2.47. The van der Waals surface area contributed by atoms with E-state index in [1.807, 2.05) is 12.1 Å². The molecule has 1 aromatic carbocycles. The minimum atomic E-state index is -0.654. The van der Waals surface area contributed by atoms with Crippen LogP contribution >= 0.6 is 11.6 Å². The number of likely N-dealkylation sites (tertiary alicyclic amines) is 1. The maximum atomic E-state index is 12.5. The van der Waals surface area contributed by atoms with Crippen molar-refractivity contribution in [2.45, 2.75) is 31.0 Å². The first-order valence-corrected chi connectivity index (χ1v) is 7.39. The molecule has 3 unspecified atom stereocenters. The number of amides is 1. The van der Waals surface area contributed by atoms with Gasteiger partial charge in [0.25, 0.3) is 0 Å². The molecule has 1 amide bonds. The molecule has 2 aliphatic rings. The molecular formula is C15H17ClN2O3. The minimum Gasteiger partial charge on any atom is -0.368 e. The van der Waals surface area contributed by atoms with Crippen LogP contribution in [0.5, 0.6) is 0 Å². The van der Waals surface area contributed by atoms with Crippen LogP contribution in [0.4, 0.5) is 0 Å². The average Bonchev–Trinajstić information content (AvgIpc) is 3.04. The van der Waals surface area contributed by atoms with Crippen LogP contribution in [0.3, 0.4) is 0 Å². The molecule has 2 heterocycles. The highest BCUT2D eigenvalue weighted by molar-refractivity contribution is 6.30. The molecule has 3 atom stereocenters. The van der Waals surface area contributed by atoms with Gasteiger partial charge < -0.3 is 15.4 Å². The van der Waals surface area contributed by atoms with Gasteiger partial charge in [-0.1, -0.05) is 23.7 Å². The Balaban J connectivity index is 1.67. The monoisotopic (exact) mass is 308 g/mol. The zero-order valence-corrected chi connectivity index (χ0v) is 12.3. The van der Waals surface area contributed by atoms with Gasteiger partial charge in [0.15, 0.2) is 5.78 Å². The van der Waals surface area contributed by atoms with Gasteiger partial charge in [0.1, 0.15) is 12.6 Å². The van der Waals surface area contributed by atoms with E-state index in [0.717, 1.165) is 5.56 Å². The number of hydrogen-bond acceptors (Lipinski definition) is 4. The molecule has 2 fully saturated rings. The number of ketones is 1. The molecule has 1 aromatic rings. The van der Waals surface area contributed by atoms with Crippen molar-refractivity contribution >= 4 is 23.3 Å². The van der Waals surface area contributed by atoms with Gasteiger partial charge in [-0.3, -0.25) is 9.59 Å². The number of carbonyl (C=O) groups excluding carboxylic acids is 2. The normalized spacial score (nSPS) is 26.0. The minimum absolute atomic E-state index is 0.0236. The molecule has 2 N–H and O–H groups in total. The van der Waals surface area contributed by atoms with Crippen molar-refractivity contribution in [3.05, 3.63) is 34.9 Å². The van der Waals surface area contributed by atoms with Crippen LogP contribution in [0, 0.1) is 0 Å². The molecule has 21 heavy (non-hydrogen) atoms. The van der Waals surface area contributed by atoms with Gasteiger partial charge in [0.05, 0.1) is 12.1 Å². The number of fused-ring (bicyclic) bond motifs is 1. The van der Waals surface area contributed by atoms with Gasteiger partial charge in [-0.05, 0) is 30.5 Å². The van der Waals surface area contributed by atoms with E-state index in [0.29, 0.717) is 24.4 Å². The number of rotatable bonds is 3. The van der Waals surface area contributed by atoms with Crippen LogP contribution in [0.1, 0.15) is 12.0 Å². The van der Waals surface area contributed by atoms with E-state index < -0.39 is 12.1 Å². The Morgan fingerprint density at radius 3 is 2.86 bits per heavy atom. The van der Waals surface area contributed by atoms with E-state index in [-0.39, 0.29) is 24.4 Å². The second-order valence-electron chi connectivity index (χ2n) is 5.52. The molecule has 0 radical (unpaired) electrons. The zero-order valence-electron chi connectivity index (χ0n) is 11.5. The Hall–Kier alpha value is -1.43. The van der Waals surface area contributed by atoms with Crippen LogP contribution in [0.2, 0.25) is 5.02 Å². The maximum Gasteiger partial charge on any atom is 0.240 e. The van der Waals surface area contributed by atoms with Crippen molar-refractivity contribution in [2.75, 3.05) is 13.2 Å². The van der Waals surface area contributed by atoms with Crippen molar-refractivity contribution in [2.24, 2.45) is 5.73 Å². The summed E-state index contributed by atoms with van der Waals surface area (Å²) in [6.07, 6.45) is 0.985. The fourth-order valence-electron chi connectivity index (χ4n) is 3.02. The standard InChI is InChI=1S/C15H17ClN2O3/c16-10-3-1-9(2-4-10)7-11(17)15(20)18-6-5-13-14(18)12(19)8-21-13/h1-4,11,13-14H,5-8,17H2. The lowest BCUT2D eigenvalue weighted by Gasteiger charge is -2.25. The number of nitrogens with zero attached hydrogens (tertiary/aromatic N) is 1. The van der Waals surface area contributed by atoms with E-state index >= 15 is 0 Å². The maximum absolute atomic E-state index is 12.5. The summed E-state index contributed by atoms with van der Waals surface area (Å²) >= 11 is 5.83. The molecule has 0 aliphatic carbocycles. The van der Waals surface area contributed by atoms with Gasteiger partial charge in [0, 0.05) is 11.6 Å². The number of ether oxygens (including phenoxy) is 1. The summed E-state index contributed by atoms with van der Waals surface area (Å²) in [4.78, 5) is 25.9. The van der Waals surface area contributed by atoms with Crippen molar-refractivity contribution in [3.63, 3.8) is 0 Å². The topological polar surface area (TPSA) is 72.6 Å². The SMILES string of the molecule is NC(Cc1ccc(Cl)cc1)C(=O)N1CCC2OCC(=O)C21. The van der Waals surface area contributed by atoms with Gasteiger partial charge in [0.2, 0.25) is 5.91 Å². The largest absolute Gasteiger partial charge is 0.368 e. The number of benzene rings is 1. The van der Waals surface area contributed by atoms with Crippen LogP contribution in [-0.4, -0.2) is 47.9 Å². The first kappa shape index (κ1) is 14.5. The Kier molecular flexibility index (Phi) is 3.97. The third-order valence-electron chi connectivity index (χ3n) is 4.08. The van der Waals surface area contributed by atoms with Crippen molar-refractivity contribution in [1.82, 2.24) is 4.90 Å². The number of Topliss-reactive ketones (excluding diaryl/α,β-unsaturated/α-hetero) is 1. The number of nitrogens with two attached hydrogens (primary N) is 1. The first-order valence-electron chi connectivity index (χ1n) is 7.01. The van der Waals surface area contributed by atoms with Crippen molar-refractivity contribution < 1.29 is 14.3 Å². The second kappa shape index (κ2) is 5.75. The summed E-state index contributed by atoms with van der Waals surface area (Å²) < 4.78 is 5.38. The predicted molar refractivity (Wildman–Crippen MR) is 78.0 cm³/mol. The van der Waals surface area contributed by atoms with E-state index in [9.17, 15) is 9.59 Å². The third kappa shape index (κ3) is 2.81. The van der Waals surface area contributed by atoms with Crippen LogP contribution in [-0.2, 0) is 20.7 Å². The molecule has 2 aliphatic heterocycles. The Bertz CT molecular complexity index is 561. The van der Waals surface area contributed by atoms with Gasteiger partial charge in [-0.15, -0.1) is 0 Å². The van der Waals surface area contributed by atoms with E-state index in [4.69, 9.17) is 22.1 Å². The smallest absolute Gasteiger partial charge is 0.240 e. The summed E-state index contributed by atoms with van der Waals surface area (Å²) in [5, 5.41) is 0.648. The molecular weight excluding hydrogens is 292 g/mol. The highest BCUT2D eigenvalue weighted by atomic mass is 35.5. The van der Waals surface area contributed by atoms with Crippen LogP contribution < -0.4 is 5.73 Å². The summed E-state index contributed by atoms with van der Waals surface area (Å²) in [6, 6.07) is 6.16. The summed E-state index contributed by atoms with van der Waals surface area (Å²) in [5.41, 5.74) is 6.97. The van der Waals surface area contributed by atoms with Crippen LogP contribution in [0.25, 0.3) is 0 Å². The summed E-state index contributed by atoms with van der Waals surface area (Å²) in [5.74, 6) is -0.208. The first-order chi connectivity index (χ1) is 10.1. The van der Waals surface area contributed by atoms with Crippen molar-refractivity contribution in [3.8, 4) is 0 Å². The van der Waals surface area contributed by atoms with E-state index in [1.165, 1.54) is 0 Å². The zero-order chi connectivity index (χ0) is 15.0. The molecule has 3 rings (SSSR count). The molecule has 2 saturated heterocycles. The lowest BCUT2D eigenvalue weighted by atomic mass is 10.0. The molecule has 112 valence electrons. The molecule has 0 aromatic heterocycles. The highest BCUT2D eigenvalue weighted by Crippen LogP contribution is 2.27. The van der Waals surface area contributed by atoms with Gasteiger partial charge in [-0.25, -0.2) is 0 Å². The quantitative estimate of drug-likeness (QED) is 0.895. The fraction of sp³-hybridized carbons (Fsp3) is 0.467. The number of carbonyl (C=O) groups is 2. The Labute approximate surface area is 128 Å². The van der Waals surface area contributed by atoms with Crippen molar-refractivity contribution in [1.29, 1.82) is 0 Å². The Morgan fingerprint density at radius 2 is 2.14 bits per heavy atom. The summed E-state index contributed by atoms with van der Waals surface area (Å²) in [7, 11) is 0. The lowest BCUT2D eigenvalue weighted by molar-refractivity contribution is -0.137. The van der Waals surface area contributed by atoms with Crippen LogP contribution in [0.15, 0.2) is 24.3 Å². The summed E-state index contributed by atoms with van der Waals surface area (Å²) in [6.45, 7) is 0.639. The Morgan fingerprint density at radius 1 is 1.43 bits per heavy atom. The molecule has 0 spiro atoms. The number of hydrogen-bond donors (Lipinski definition) is 1. The predicted octanol–water partition coefficient (Wildman–Crippen LogP) is 0.779. The second-order valence-corrected chi connectivity index (χ2v) is 5.95. The molecule has 0 bridgehead atoms. The number of halogens is 1. The molecule has 5 nitrogen and oxygen atoms in total. The lowest BCUT2D eigenvalue weighted by Crippen LogP contribution is -2.50.